The number of halogens is 2. The van der Waals surface area contributed by atoms with Gasteiger partial charge in [0.15, 0.2) is 8.07 Å². The van der Waals surface area contributed by atoms with Gasteiger partial charge in [-0.3, -0.25) is 0 Å². The molecular formula is C32H22Cl2Si. The Morgan fingerprint density at radius 1 is 0.429 bits per heavy atom. The Morgan fingerprint density at radius 3 is 1.43 bits per heavy atom. The molecule has 1 aliphatic heterocycles. The van der Waals surface area contributed by atoms with Crippen molar-refractivity contribution in [2.45, 2.75) is 0 Å². The molecule has 5 aromatic rings. The lowest BCUT2D eigenvalue weighted by molar-refractivity contribution is 1.58. The molecule has 0 unspecified atom stereocenters. The summed E-state index contributed by atoms with van der Waals surface area (Å²) in [4.78, 5) is 0. The summed E-state index contributed by atoms with van der Waals surface area (Å²) >= 11 is 12.7. The van der Waals surface area contributed by atoms with Crippen LogP contribution in [0.4, 0.5) is 0 Å². The van der Waals surface area contributed by atoms with Crippen LogP contribution in [0.3, 0.4) is 0 Å². The lowest BCUT2D eigenvalue weighted by Gasteiger charge is -2.33. The summed E-state index contributed by atoms with van der Waals surface area (Å²) < 4.78 is 0. The first-order valence-electron chi connectivity index (χ1n) is 11.7. The van der Waals surface area contributed by atoms with Crippen LogP contribution in [0.1, 0.15) is 16.7 Å². The SMILES string of the molecule is Clc1ccc(C2=C(c3ccc(Cl)cc3)[Si](c3ccccc3)(c3ccccc3)c3ccccc32)cc1. The maximum atomic E-state index is 6.36. The van der Waals surface area contributed by atoms with Crippen LogP contribution >= 0.6 is 23.2 Å². The van der Waals surface area contributed by atoms with Gasteiger partial charge >= 0.3 is 0 Å². The summed E-state index contributed by atoms with van der Waals surface area (Å²) in [6.07, 6.45) is 0. The second-order valence-corrected chi connectivity index (χ2v) is 13.4. The van der Waals surface area contributed by atoms with Crippen LogP contribution in [-0.4, -0.2) is 8.07 Å². The number of hydrogen-bond acceptors (Lipinski definition) is 0. The van der Waals surface area contributed by atoms with Crippen molar-refractivity contribution in [2.24, 2.45) is 0 Å². The molecule has 0 bridgehead atoms. The average Bonchev–Trinajstić information content (AvgIpc) is 3.22. The fraction of sp³-hybridized carbons (Fsp3) is 0. The fourth-order valence-corrected chi connectivity index (χ4v) is 11.2. The van der Waals surface area contributed by atoms with E-state index in [0.717, 1.165) is 10.0 Å². The number of hydrogen-bond donors (Lipinski definition) is 0. The predicted octanol–water partition coefficient (Wildman–Crippen LogP) is 6.98. The second kappa shape index (κ2) is 9.01. The van der Waals surface area contributed by atoms with Crippen molar-refractivity contribution in [3.8, 4) is 0 Å². The standard InChI is InChI=1S/C32H22Cl2Si/c33-25-19-15-23(16-20-25)31-29-13-7-8-14-30(29)35(27-9-3-1-4-10-27,28-11-5-2-6-12-28)32(31)24-17-21-26(34)22-18-24/h1-22H. The summed E-state index contributed by atoms with van der Waals surface area (Å²) in [5.41, 5.74) is 4.95. The van der Waals surface area contributed by atoms with Crippen LogP contribution in [-0.2, 0) is 0 Å². The molecule has 6 rings (SSSR count). The Morgan fingerprint density at radius 2 is 0.886 bits per heavy atom. The number of rotatable bonds is 4. The van der Waals surface area contributed by atoms with Gasteiger partial charge in [-0.1, -0.05) is 132 Å². The van der Waals surface area contributed by atoms with Crippen LogP contribution in [0.15, 0.2) is 133 Å². The molecule has 0 atom stereocenters. The zero-order valence-corrected chi connectivity index (χ0v) is 21.5. The summed E-state index contributed by atoms with van der Waals surface area (Å²) in [7, 11) is -2.65. The minimum atomic E-state index is -2.65. The molecule has 0 nitrogen and oxygen atoms in total. The van der Waals surface area contributed by atoms with Crippen LogP contribution in [0, 0.1) is 0 Å². The lowest BCUT2D eigenvalue weighted by Crippen LogP contribution is -2.66. The molecule has 168 valence electrons. The highest BCUT2D eigenvalue weighted by atomic mass is 35.5. The molecule has 1 aliphatic rings. The quantitative estimate of drug-likeness (QED) is 0.231. The van der Waals surface area contributed by atoms with Gasteiger partial charge in [0.2, 0.25) is 0 Å². The molecule has 0 aromatic heterocycles. The zero-order chi connectivity index (χ0) is 23.8. The maximum absolute atomic E-state index is 6.36. The van der Waals surface area contributed by atoms with Gasteiger partial charge in [-0.25, -0.2) is 0 Å². The Hall–Kier alpha value is -3.36. The van der Waals surface area contributed by atoms with Crippen LogP contribution in [0.5, 0.6) is 0 Å². The van der Waals surface area contributed by atoms with Gasteiger partial charge in [0.05, 0.1) is 0 Å². The van der Waals surface area contributed by atoms with E-state index in [1.54, 1.807) is 0 Å². The summed E-state index contributed by atoms with van der Waals surface area (Å²) in [5, 5.41) is 7.01. The molecule has 0 amide bonds. The van der Waals surface area contributed by atoms with E-state index in [1.165, 1.54) is 43.0 Å². The predicted molar refractivity (Wildman–Crippen MR) is 153 cm³/mol. The van der Waals surface area contributed by atoms with Gasteiger partial charge in [0.25, 0.3) is 0 Å². The number of fused-ring (bicyclic) bond motifs is 1. The molecule has 5 aromatic carbocycles. The first-order valence-corrected chi connectivity index (χ1v) is 14.4. The van der Waals surface area contributed by atoms with E-state index in [9.17, 15) is 0 Å². The third kappa shape index (κ3) is 3.59. The first-order chi connectivity index (χ1) is 17.2. The molecule has 0 fully saturated rings. The highest BCUT2D eigenvalue weighted by Crippen LogP contribution is 2.43. The largest absolute Gasteiger partial charge is 0.181 e. The van der Waals surface area contributed by atoms with Gasteiger partial charge in [0.1, 0.15) is 0 Å². The van der Waals surface area contributed by atoms with Crippen molar-refractivity contribution >= 4 is 57.6 Å². The van der Waals surface area contributed by atoms with Gasteiger partial charge in [0, 0.05) is 10.0 Å². The maximum Gasteiger partial charge on any atom is 0.181 e. The zero-order valence-electron chi connectivity index (χ0n) is 19.0. The molecular weight excluding hydrogens is 483 g/mol. The molecule has 0 saturated carbocycles. The van der Waals surface area contributed by atoms with Gasteiger partial charge in [-0.2, -0.15) is 0 Å². The van der Waals surface area contributed by atoms with E-state index in [4.69, 9.17) is 23.2 Å². The number of benzene rings is 5. The Labute approximate surface area is 217 Å². The summed E-state index contributed by atoms with van der Waals surface area (Å²) in [5.74, 6) is 0. The van der Waals surface area contributed by atoms with Gasteiger partial charge < -0.3 is 0 Å². The van der Waals surface area contributed by atoms with Crippen molar-refractivity contribution < 1.29 is 0 Å². The van der Waals surface area contributed by atoms with Gasteiger partial charge in [-0.15, -0.1) is 0 Å². The second-order valence-electron chi connectivity index (χ2n) is 8.79. The van der Waals surface area contributed by atoms with Crippen molar-refractivity contribution in [1.29, 1.82) is 0 Å². The Kier molecular flexibility index (Phi) is 5.70. The highest BCUT2D eigenvalue weighted by molar-refractivity contribution is 7.25. The molecule has 0 N–H and O–H groups in total. The lowest BCUT2D eigenvalue weighted by atomic mass is 9.96. The summed E-state index contributed by atoms with van der Waals surface area (Å²) in [6.45, 7) is 0. The van der Waals surface area contributed by atoms with Crippen molar-refractivity contribution in [2.75, 3.05) is 0 Å². The molecule has 0 radical (unpaired) electrons. The fourth-order valence-electron chi connectivity index (χ4n) is 5.52. The van der Waals surface area contributed by atoms with E-state index in [-0.39, 0.29) is 0 Å². The topological polar surface area (TPSA) is 0 Å². The minimum absolute atomic E-state index is 0.739. The molecule has 0 aliphatic carbocycles. The molecule has 3 heteroatoms. The third-order valence-electron chi connectivity index (χ3n) is 6.90. The van der Waals surface area contributed by atoms with E-state index < -0.39 is 8.07 Å². The minimum Gasteiger partial charge on any atom is -0.0843 e. The van der Waals surface area contributed by atoms with Crippen LogP contribution in [0.2, 0.25) is 10.0 Å². The summed E-state index contributed by atoms with van der Waals surface area (Å²) in [6, 6.07) is 47.6. The van der Waals surface area contributed by atoms with E-state index >= 15 is 0 Å². The molecule has 0 saturated heterocycles. The highest BCUT2D eigenvalue weighted by Gasteiger charge is 2.50. The van der Waals surface area contributed by atoms with Crippen molar-refractivity contribution in [1.82, 2.24) is 0 Å². The first kappa shape index (κ1) is 22.1. The monoisotopic (exact) mass is 504 g/mol. The average molecular weight is 506 g/mol. The van der Waals surface area contributed by atoms with E-state index in [2.05, 4.69) is 109 Å². The Balaban J connectivity index is 1.83. The molecule has 35 heavy (non-hydrogen) atoms. The third-order valence-corrected chi connectivity index (χ3v) is 12.3. The van der Waals surface area contributed by atoms with Crippen molar-refractivity contribution in [3.05, 3.63) is 160 Å². The smallest absolute Gasteiger partial charge is 0.0843 e. The van der Waals surface area contributed by atoms with Gasteiger partial charge in [-0.05, 0) is 67.3 Å². The van der Waals surface area contributed by atoms with Crippen molar-refractivity contribution in [3.63, 3.8) is 0 Å². The van der Waals surface area contributed by atoms with E-state index in [1.807, 2.05) is 24.3 Å². The molecule has 0 spiro atoms. The Bertz CT molecular complexity index is 1480. The van der Waals surface area contributed by atoms with Crippen LogP contribution < -0.4 is 15.6 Å². The normalized spacial score (nSPS) is 14.1. The van der Waals surface area contributed by atoms with E-state index in [0.29, 0.717) is 0 Å². The molecule has 1 heterocycles. The van der Waals surface area contributed by atoms with Crippen LogP contribution in [0.25, 0.3) is 10.8 Å².